The smallest absolute Gasteiger partial charge is 0.277 e. The molecule has 0 aliphatic carbocycles. The van der Waals surface area contributed by atoms with Crippen molar-refractivity contribution in [2.75, 3.05) is 43.4 Å². The van der Waals surface area contributed by atoms with Gasteiger partial charge in [0.15, 0.2) is 9.84 Å². The summed E-state index contributed by atoms with van der Waals surface area (Å²) in [5.74, 6) is 1.24. The SMILES string of the molecule is Cc1cccc(CN2CCN(C(=O)CSc3nnc(CC4CCS(=O)(=O)C4)o3)CC2)c1. The van der Waals surface area contributed by atoms with Gasteiger partial charge in [-0.15, -0.1) is 10.2 Å². The average molecular weight is 465 g/mol. The molecular formula is C21H28N4O4S2. The van der Waals surface area contributed by atoms with Crippen LogP contribution >= 0.6 is 11.8 Å². The van der Waals surface area contributed by atoms with Gasteiger partial charge in [-0.25, -0.2) is 8.42 Å². The van der Waals surface area contributed by atoms with Gasteiger partial charge < -0.3 is 9.32 Å². The van der Waals surface area contributed by atoms with Crippen LogP contribution in [0.15, 0.2) is 33.9 Å². The maximum Gasteiger partial charge on any atom is 0.277 e. The summed E-state index contributed by atoms with van der Waals surface area (Å²) in [5.41, 5.74) is 2.57. The number of rotatable bonds is 7. The van der Waals surface area contributed by atoms with Crippen molar-refractivity contribution in [1.29, 1.82) is 0 Å². The van der Waals surface area contributed by atoms with E-state index in [9.17, 15) is 13.2 Å². The van der Waals surface area contributed by atoms with Crippen LogP contribution in [-0.2, 0) is 27.6 Å². The Labute approximate surface area is 187 Å². The molecule has 1 amide bonds. The lowest BCUT2D eigenvalue weighted by Crippen LogP contribution is -2.48. The highest BCUT2D eigenvalue weighted by Crippen LogP contribution is 2.24. The van der Waals surface area contributed by atoms with E-state index < -0.39 is 9.84 Å². The molecule has 0 spiro atoms. The molecule has 2 saturated heterocycles. The first-order chi connectivity index (χ1) is 14.9. The Kier molecular flexibility index (Phi) is 6.98. The van der Waals surface area contributed by atoms with Crippen LogP contribution in [0, 0.1) is 12.8 Å². The molecule has 0 bridgehead atoms. The third-order valence-electron chi connectivity index (χ3n) is 5.77. The van der Waals surface area contributed by atoms with Gasteiger partial charge in [0.2, 0.25) is 11.8 Å². The van der Waals surface area contributed by atoms with E-state index in [-0.39, 0.29) is 29.1 Å². The molecule has 3 heterocycles. The molecule has 8 nitrogen and oxygen atoms in total. The monoisotopic (exact) mass is 464 g/mol. The average Bonchev–Trinajstić information content (AvgIpc) is 3.32. The van der Waals surface area contributed by atoms with Gasteiger partial charge in [-0.05, 0) is 24.8 Å². The molecule has 2 aliphatic heterocycles. The lowest BCUT2D eigenvalue weighted by molar-refractivity contribution is -0.130. The fourth-order valence-electron chi connectivity index (χ4n) is 4.10. The molecule has 168 valence electrons. The number of thioether (sulfide) groups is 1. The Bertz CT molecular complexity index is 1020. The first kappa shape index (κ1) is 22.3. The van der Waals surface area contributed by atoms with Crippen molar-refractivity contribution in [2.24, 2.45) is 5.92 Å². The normalized spacial score (nSPS) is 21.5. The molecule has 10 heteroatoms. The summed E-state index contributed by atoms with van der Waals surface area (Å²) in [6.45, 7) is 6.17. The molecular weight excluding hydrogens is 436 g/mol. The van der Waals surface area contributed by atoms with Crippen molar-refractivity contribution < 1.29 is 17.6 Å². The van der Waals surface area contributed by atoms with Gasteiger partial charge in [-0.2, -0.15) is 0 Å². The number of hydrogen-bond acceptors (Lipinski definition) is 8. The molecule has 0 saturated carbocycles. The first-order valence-corrected chi connectivity index (χ1v) is 13.4. The van der Waals surface area contributed by atoms with E-state index in [1.807, 2.05) is 4.90 Å². The summed E-state index contributed by atoms with van der Waals surface area (Å²) < 4.78 is 28.8. The molecule has 2 aromatic rings. The van der Waals surface area contributed by atoms with Crippen LogP contribution in [-0.4, -0.2) is 77.8 Å². The number of carbonyl (C=O) groups is 1. The molecule has 1 unspecified atom stereocenters. The zero-order valence-electron chi connectivity index (χ0n) is 17.7. The Hall–Kier alpha value is -1.91. The highest BCUT2D eigenvalue weighted by molar-refractivity contribution is 7.99. The molecule has 1 atom stereocenters. The molecule has 1 aromatic carbocycles. The van der Waals surface area contributed by atoms with Crippen molar-refractivity contribution in [3.05, 3.63) is 41.3 Å². The zero-order chi connectivity index (χ0) is 21.8. The second-order valence-corrected chi connectivity index (χ2v) is 11.5. The van der Waals surface area contributed by atoms with Crippen LogP contribution in [0.5, 0.6) is 0 Å². The third kappa shape index (κ3) is 6.30. The van der Waals surface area contributed by atoms with Gasteiger partial charge in [-0.3, -0.25) is 9.69 Å². The predicted molar refractivity (Wildman–Crippen MR) is 119 cm³/mol. The summed E-state index contributed by atoms with van der Waals surface area (Å²) >= 11 is 1.24. The van der Waals surface area contributed by atoms with E-state index in [1.165, 1.54) is 22.9 Å². The van der Waals surface area contributed by atoms with Crippen molar-refractivity contribution in [1.82, 2.24) is 20.0 Å². The van der Waals surface area contributed by atoms with Crippen LogP contribution < -0.4 is 0 Å². The topological polar surface area (TPSA) is 96.6 Å². The quantitative estimate of drug-likeness (QED) is 0.572. The number of aryl methyl sites for hydroxylation is 1. The fourth-order valence-corrected chi connectivity index (χ4v) is 6.64. The van der Waals surface area contributed by atoms with E-state index >= 15 is 0 Å². The Morgan fingerprint density at radius 2 is 2.03 bits per heavy atom. The minimum absolute atomic E-state index is 0.0426. The molecule has 0 N–H and O–H groups in total. The molecule has 31 heavy (non-hydrogen) atoms. The van der Waals surface area contributed by atoms with E-state index in [2.05, 4.69) is 46.3 Å². The highest BCUT2D eigenvalue weighted by Gasteiger charge is 2.29. The number of amides is 1. The van der Waals surface area contributed by atoms with Crippen molar-refractivity contribution in [2.45, 2.75) is 31.5 Å². The summed E-state index contributed by atoms with van der Waals surface area (Å²) in [6, 6.07) is 8.54. The van der Waals surface area contributed by atoms with E-state index in [4.69, 9.17) is 4.42 Å². The van der Waals surface area contributed by atoms with Gasteiger partial charge in [-0.1, -0.05) is 41.6 Å². The minimum atomic E-state index is -2.92. The molecule has 1 aromatic heterocycles. The first-order valence-electron chi connectivity index (χ1n) is 10.6. The number of hydrogen-bond donors (Lipinski definition) is 0. The second kappa shape index (κ2) is 9.70. The maximum atomic E-state index is 12.6. The number of sulfone groups is 1. The minimum Gasteiger partial charge on any atom is -0.416 e. The number of benzene rings is 1. The van der Waals surface area contributed by atoms with E-state index in [1.54, 1.807) is 0 Å². The van der Waals surface area contributed by atoms with Crippen LogP contribution in [0.25, 0.3) is 0 Å². The van der Waals surface area contributed by atoms with Crippen LogP contribution in [0.1, 0.15) is 23.4 Å². The van der Waals surface area contributed by atoms with Gasteiger partial charge in [0.1, 0.15) is 0 Å². The number of piperazine rings is 1. The van der Waals surface area contributed by atoms with Gasteiger partial charge in [0, 0.05) is 39.1 Å². The summed E-state index contributed by atoms with van der Waals surface area (Å²) in [5, 5.41) is 8.37. The fraction of sp³-hybridized carbons (Fsp3) is 0.571. The largest absolute Gasteiger partial charge is 0.416 e. The molecule has 0 radical (unpaired) electrons. The molecule has 2 fully saturated rings. The lowest BCUT2D eigenvalue weighted by Gasteiger charge is -2.34. The van der Waals surface area contributed by atoms with Gasteiger partial charge >= 0.3 is 0 Å². The summed E-state index contributed by atoms with van der Waals surface area (Å²) in [7, 11) is -2.92. The van der Waals surface area contributed by atoms with Crippen molar-refractivity contribution in [3.8, 4) is 0 Å². The Morgan fingerprint density at radius 1 is 1.23 bits per heavy atom. The van der Waals surface area contributed by atoms with Crippen LogP contribution in [0.4, 0.5) is 0 Å². The number of aromatic nitrogens is 2. The Balaban J connectivity index is 1.19. The third-order valence-corrected chi connectivity index (χ3v) is 8.41. The maximum absolute atomic E-state index is 12.6. The van der Waals surface area contributed by atoms with Crippen LogP contribution in [0.3, 0.4) is 0 Å². The number of nitrogens with zero attached hydrogens (tertiary/aromatic N) is 4. The van der Waals surface area contributed by atoms with E-state index in [0.717, 1.165) is 32.7 Å². The van der Waals surface area contributed by atoms with Crippen molar-refractivity contribution in [3.63, 3.8) is 0 Å². The van der Waals surface area contributed by atoms with Gasteiger partial charge in [0.25, 0.3) is 5.22 Å². The second-order valence-electron chi connectivity index (χ2n) is 8.37. The van der Waals surface area contributed by atoms with Crippen LogP contribution in [0.2, 0.25) is 0 Å². The highest BCUT2D eigenvalue weighted by atomic mass is 32.2. The summed E-state index contributed by atoms with van der Waals surface area (Å²) in [4.78, 5) is 16.8. The van der Waals surface area contributed by atoms with Crippen molar-refractivity contribution >= 4 is 27.5 Å². The van der Waals surface area contributed by atoms with E-state index in [0.29, 0.717) is 24.0 Å². The predicted octanol–water partition coefficient (Wildman–Crippen LogP) is 1.79. The Morgan fingerprint density at radius 3 is 2.74 bits per heavy atom. The molecule has 2 aliphatic rings. The molecule has 4 rings (SSSR count). The van der Waals surface area contributed by atoms with Gasteiger partial charge in [0.05, 0.1) is 17.3 Å². The number of carbonyl (C=O) groups excluding carboxylic acids is 1. The lowest BCUT2D eigenvalue weighted by atomic mass is 10.1. The summed E-state index contributed by atoms with van der Waals surface area (Å²) in [6.07, 6.45) is 1.12. The standard InChI is InChI=1S/C21H28N4O4S2/c1-16-3-2-4-17(11-16)13-24-6-8-25(9-7-24)20(26)14-30-21-23-22-19(29-21)12-18-5-10-31(27,28)15-18/h2-4,11,18H,5-10,12-15H2,1H3. The zero-order valence-corrected chi connectivity index (χ0v) is 19.3.